The normalized spacial score (nSPS) is 15.3. The summed E-state index contributed by atoms with van der Waals surface area (Å²) in [6.07, 6.45) is 8.66. The number of rotatable bonds is 4. The van der Waals surface area contributed by atoms with Gasteiger partial charge in [-0.3, -0.25) is 4.40 Å². The van der Waals surface area contributed by atoms with Crippen molar-refractivity contribution in [2.75, 3.05) is 5.32 Å². The van der Waals surface area contributed by atoms with Gasteiger partial charge in [0.2, 0.25) is 0 Å². The Morgan fingerprint density at radius 2 is 1.89 bits per heavy atom. The van der Waals surface area contributed by atoms with Gasteiger partial charge in [-0.05, 0) is 42.7 Å². The maximum absolute atomic E-state index is 12.4. The Bertz CT molecular complexity index is 1010. The van der Waals surface area contributed by atoms with Gasteiger partial charge in [0, 0.05) is 17.9 Å². The minimum absolute atomic E-state index is 0.172. The molecule has 2 heterocycles. The summed E-state index contributed by atoms with van der Waals surface area (Å²) in [6.45, 7) is 0.347. The third kappa shape index (κ3) is 4.24. The maximum atomic E-state index is 12.4. The molecular weight excluding hydrogens is 354 g/mol. The Kier molecular flexibility index (Phi) is 5.41. The predicted molar refractivity (Wildman–Crippen MR) is 109 cm³/mol. The first kappa shape index (κ1) is 18.3. The van der Waals surface area contributed by atoms with Gasteiger partial charge in [0.1, 0.15) is 0 Å². The lowest BCUT2D eigenvalue weighted by molar-refractivity contribution is 0.247. The molecule has 2 N–H and O–H groups in total. The SMILES string of the molecule is O=C(Nc1cccc(Cn2nc3ccccn3c2=O)c1)NC1CCCCCC1. The van der Waals surface area contributed by atoms with Crippen molar-refractivity contribution in [3.63, 3.8) is 0 Å². The number of nitrogens with one attached hydrogen (secondary N) is 2. The van der Waals surface area contributed by atoms with E-state index in [1.807, 2.05) is 30.3 Å². The standard InChI is InChI=1S/C21H25N5O2/c27-20(22-17-9-3-1-2-4-10-17)23-18-11-7-8-16(14-18)15-26-21(28)25-13-6-5-12-19(25)24-26/h5-8,11-14,17H,1-4,9-10,15H2,(H2,22,23,27). The molecule has 28 heavy (non-hydrogen) atoms. The van der Waals surface area contributed by atoms with Gasteiger partial charge < -0.3 is 10.6 Å². The molecule has 146 valence electrons. The molecule has 1 aliphatic carbocycles. The Morgan fingerprint density at radius 3 is 2.68 bits per heavy atom. The number of aromatic nitrogens is 3. The first-order valence-corrected chi connectivity index (χ1v) is 9.90. The summed E-state index contributed by atoms with van der Waals surface area (Å²) in [4.78, 5) is 24.8. The molecule has 4 rings (SSSR count). The van der Waals surface area contributed by atoms with E-state index in [4.69, 9.17) is 0 Å². The van der Waals surface area contributed by atoms with Gasteiger partial charge in [0.15, 0.2) is 5.65 Å². The molecule has 0 bridgehead atoms. The lowest BCUT2D eigenvalue weighted by Gasteiger charge is -2.17. The van der Waals surface area contributed by atoms with Crippen LogP contribution in [0.25, 0.3) is 5.65 Å². The molecule has 1 aliphatic rings. The van der Waals surface area contributed by atoms with Crippen LogP contribution in [0.2, 0.25) is 0 Å². The van der Waals surface area contributed by atoms with Crippen LogP contribution in [0.4, 0.5) is 10.5 Å². The summed E-state index contributed by atoms with van der Waals surface area (Å²) in [7, 11) is 0. The highest BCUT2D eigenvalue weighted by atomic mass is 16.2. The third-order valence-electron chi connectivity index (χ3n) is 5.20. The van der Waals surface area contributed by atoms with Gasteiger partial charge >= 0.3 is 11.7 Å². The van der Waals surface area contributed by atoms with Gasteiger partial charge in [-0.15, -0.1) is 5.10 Å². The molecule has 0 saturated heterocycles. The zero-order valence-electron chi connectivity index (χ0n) is 15.8. The summed E-state index contributed by atoms with van der Waals surface area (Å²) < 4.78 is 2.95. The van der Waals surface area contributed by atoms with Crippen molar-refractivity contribution in [3.8, 4) is 0 Å². The van der Waals surface area contributed by atoms with Gasteiger partial charge in [0.05, 0.1) is 6.54 Å². The van der Waals surface area contributed by atoms with Crippen molar-refractivity contribution in [1.82, 2.24) is 19.5 Å². The second-order valence-corrected chi connectivity index (χ2v) is 7.36. The summed E-state index contributed by atoms with van der Waals surface area (Å²) in [6, 6.07) is 13.1. The number of hydrogen-bond acceptors (Lipinski definition) is 3. The number of anilines is 1. The molecule has 7 heteroatoms. The number of urea groups is 1. The Balaban J connectivity index is 1.43. The highest BCUT2D eigenvalue weighted by Gasteiger charge is 2.15. The molecule has 1 aromatic carbocycles. The van der Waals surface area contributed by atoms with Crippen LogP contribution in [-0.4, -0.2) is 26.3 Å². The zero-order chi connectivity index (χ0) is 19.3. The minimum atomic E-state index is -0.180. The number of carbonyl (C=O) groups is 1. The van der Waals surface area contributed by atoms with E-state index in [2.05, 4.69) is 15.7 Å². The van der Waals surface area contributed by atoms with Gasteiger partial charge in [0.25, 0.3) is 0 Å². The molecule has 7 nitrogen and oxygen atoms in total. The highest BCUT2D eigenvalue weighted by molar-refractivity contribution is 5.89. The third-order valence-corrected chi connectivity index (χ3v) is 5.20. The lowest BCUT2D eigenvalue weighted by atomic mass is 10.1. The number of pyridine rings is 1. The Morgan fingerprint density at radius 1 is 1.07 bits per heavy atom. The first-order chi connectivity index (χ1) is 13.7. The van der Waals surface area contributed by atoms with Crippen molar-refractivity contribution in [3.05, 3.63) is 64.7 Å². The van der Waals surface area contributed by atoms with Crippen LogP contribution in [0, 0.1) is 0 Å². The van der Waals surface area contributed by atoms with Crippen molar-refractivity contribution >= 4 is 17.4 Å². The monoisotopic (exact) mass is 379 g/mol. The lowest BCUT2D eigenvalue weighted by Crippen LogP contribution is -2.37. The zero-order valence-corrected chi connectivity index (χ0v) is 15.8. The van der Waals surface area contributed by atoms with E-state index in [1.54, 1.807) is 18.3 Å². The van der Waals surface area contributed by atoms with Crippen LogP contribution in [-0.2, 0) is 6.54 Å². The molecule has 0 radical (unpaired) electrons. The number of benzene rings is 1. The second kappa shape index (κ2) is 8.29. The number of amides is 2. The Labute approximate surface area is 163 Å². The topological polar surface area (TPSA) is 80.4 Å². The average Bonchev–Trinajstić information content (AvgIpc) is 2.85. The molecule has 0 unspecified atom stereocenters. The predicted octanol–water partition coefficient (Wildman–Crippen LogP) is 3.39. The van der Waals surface area contributed by atoms with Gasteiger partial charge in [-0.25, -0.2) is 14.3 Å². The van der Waals surface area contributed by atoms with E-state index in [9.17, 15) is 9.59 Å². The van der Waals surface area contributed by atoms with Crippen molar-refractivity contribution in [2.45, 2.75) is 51.1 Å². The van der Waals surface area contributed by atoms with Crippen LogP contribution in [0.1, 0.15) is 44.1 Å². The van der Waals surface area contributed by atoms with Crippen LogP contribution in [0.15, 0.2) is 53.5 Å². The fraction of sp³-hybridized carbons (Fsp3) is 0.381. The quantitative estimate of drug-likeness (QED) is 0.682. The van der Waals surface area contributed by atoms with E-state index in [-0.39, 0.29) is 17.8 Å². The molecular formula is C21H25N5O2. The van der Waals surface area contributed by atoms with Crippen LogP contribution in [0.3, 0.4) is 0 Å². The van der Waals surface area contributed by atoms with E-state index in [1.165, 1.54) is 34.8 Å². The fourth-order valence-corrected chi connectivity index (χ4v) is 3.77. The molecule has 2 amide bonds. The molecule has 0 atom stereocenters. The molecule has 1 fully saturated rings. The highest BCUT2D eigenvalue weighted by Crippen LogP contribution is 2.17. The molecule has 1 saturated carbocycles. The first-order valence-electron chi connectivity index (χ1n) is 9.90. The maximum Gasteiger partial charge on any atom is 0.350 e. The van der Waals surface area contributed by atoms with E-state index < -0.39 is 0 Å². The number of carbonyl (C=O) groups excluding carboxylic acids is 1. The number of fused-ring (bicyclic) bond motifs is 1. The van der Waals surface area contributed by atoms with E-state index >= 15 is 0 Å². The Hall–Kier alpha value is -3.09. The average molecular weight is 379 g/mol. The number of nitrogens with zero attached hydrogens (tertiary/aromatic N) is 3. The second-order valence-electron chi connectivity index (χ2n) is 7.36. The summed E-state index contributed by atoms with van der Waals surface area (Å²) in [5.74, 6) is 0. The van der Waals surface area contributed by atoms with Crippen LogP contribution >= 0.6 is 0 Å². The van der Waals surface area contributed by atoms with Crippen molar-refractivity contribution in [1.29, 1.82) is 0 Å². The molecule has 3 aromatic rings. The van der Waals surface area contributed by atoms with Crippen LogP contribution < -0.4 is 16.3 Å². The summed E-state index contributed by atoms with van der Waals surface area (Å²) in [5, 5.41) is 10.3. The summed E-state index contributed by atoms with van der Waals surface area (Å²) in [5.41, 5.74) is 2.04. The molecule has 2 aromatic heterocycles. The van der Waals surface area contributed by atoms with Crippen LogP contribution in [0.5, 0.6) is 0 Å². The van der Waals surface area contributed by atoms with Crippen molar-refractivity contribution in [2.24, 2.45) is 0 Å². The largest absolute Gasteiger partial charge is 0.350 e. The van der Waals surface area contributed by atoms with Gasteiger partial charge in [-0.1, -0.05) is 43.9 Å². The van der Waals surface area contributed by atoms with E-state index in [0.717, 1.165) is 18.4 Å². The smallest absolute Gasteiger partial charge is 0.335 e. The number of hydrogen-bond donors (Lipinski definition) is 2. The van der Waals surface area contributed by atoms with E-state index in [0.29, 0.717) is 17.9 Å². The summed E-state index contributed by atoms with van der Waals surface area (Å²) >= 11 is 0. The van der Waals surface area contributed by atoms with Crippen molar-refractivity contribution < 1.29 is 4.79 Å². The molecule has 0 spiro atoms. The van der Waals surface area contributed by atoms with Gasteiger partial charge in [-0.2, -0.15) is 0 Å². The molecule has 0 aliphatic heterocycles. The fourth-order valence-electron chi connectivity index (χ4n) is 3.77. The minimum Gasteiger partial charge on any atom is -0.335 e.